The van der Waals surface area contributed by atoms with Gasteiger partial charge in [-0.05, 0) is 6.26 Å². The zero-order valence-electron chi connectivity index (χ0n) is 9.40. The molecule has 94 valence electrons. The van der Waals surface area contributed by atoms with Gasteiger partial charge in [-0.25, -0.2) is 9.59 Å². The molecule has 0 fully saturated rings. The highest BCUT2D eigenvalue weighted by Gasteiger charge is 2.18. The zero-order chi connectivity index (χ0) is 12.6. The van der Waals surface area contributed by atoms with Gasteiger partial charge in [0, 0.05) is 24.8 Å². The predicted molar refractivity (Wildman–Crippen MR) is 62.6 cm³/mol. The second-order valence-electron chi connectivity index (χ2n) is 3.30. The minimum Gasteiger partial charge on any atom is -0.480 e. The molecule has 2 unspecified atom stereocenters. The molecule has 0 radical (unpaired) electrons. The van der Waals surface area contributed by atoms with Crippen LogP contribution in [-0.4, -0.2) is 52.9 Å². The summed E-state index contributed by atoms with van der Waals surface area (Å²) in [5.74, 6) is -1.15. The number of thioether (sulfide) groups is 1. The molecule has 2 atom stereocenters. The Morgan fingerprint density at radius 3 is 2.50 bits per heavy atom. The second-order valence-corrected chi connectivity index (χ2v) is 4.58. The minimum atomic E-state index is -1.15. The van der Waals surface area contributed by atoms with Gasteiger partial charge in [-0.2, -0.15) is 11.8 Å². The van der Waals surface area contributed by atoms with Crippen molar-refractivity contribution < 1.29 is 19.8 Å². The Hall–Kier alpha value is -0.950. The van der Waals surface area contributed by atoms with Crippen molar-refractivity contribution in [1.29, 1.82) is 0 Å². The number of aliphatic carboxylic acids is 1. The lowest BCUT2D eigenvalue weighted by molar-refractivity contribution is -0.139. The standard InChI is InChI=1S/C9H18N2O4S/c1-6(16-2)5-10-9(15)11-7(3-4-12)8(13)14/h6-7,12H,3-5H2,1-2H3,(H,13,14)(H2,10,11,15). The summed E-state index contributed by atoms with van der Waals surface area (Å²) in [5.41, 5.74) is 0. The lowest BCUT2D eigenvalue weighted by atomic mass is 10.2. The molecule has 2 amide bonds. The van der Waals surface area contributed by atoms with Crippen LogP contribution in [0.15, 0.2) is 0 Å². The number of carboxylic acid groups (broad SMARTS) is 1. The van der Waals surface area contributed by atoms with Crippen LogP contribution in [0.3, 0.4) is 0 Å². The zero-order valence-corrected chi connectivity index (χ0v) is 10.2. The number of carbonyl (C=O) groups is 2. The molecule has 0 aliphatic carbocycles. The Balaban J connectivity index is 3.95. The van der Waals surface area contributed by atoms with Crippen LogP contribution in [-0.2, 0) is 4.79 Å². The molecule has 0 aromatic rings. The van der Waals surface area contributed by atoms with Gasteiger partial charge in [0.1, 0.15) is 6.04 Å². The fraction of sp³-hybridized carbons (Fsp3) is 0.778. The number of hydrogen-bond donors (Lipinski definition) is 4. The normalized spacial score (nSPS) is 13.9. The van der Waals surface area contributed by atoms with E-state index in [1.54, 1.807) is 11.8 Å². The molecule has 0 heterocycles. The maximum absolute atomic E-state index is 11.3. The van der Waals surface area contributed by atoms with E-state index in [9.17, 15) is 9.59 Å². The summed E-state index contributed by atoms with van der Waals surface area (Å²) in [6.45, 7) is 2.14. The summed E-state index contributed by atoms with van der Waals surface area (Å²) in [6, 6.07) is -1.57. The van der Waals surface area contributed by atoms with Crippen molar-refractivity contribution in [2.24, 2.45) is 0 Å². The average Bonchev–Trinajstić information content (AvgIpc) is 2.25. The molecular formula is C9H18N2O4S. The third kappa shape index (κ3) is 6.52. The molecular weight excluding hydrogens is 232 g/mol. The highest BCUT2D eigenvalue weighted by Crippen LogP contribution is 2.02. The van der Waals surface area contributed by atoms with Crippen LogP contribution >= 0.6 is 11.8 Å². The molecule has 0 aromatic carbocycles. The largest absolute Gasteiger partial charge is 0.480 e. The number of nitrogens with one attached hydrogen (secondary N) is 2. The Kier molecular flexibility index (Phi) is 7.74. The number of carbonyl (C=O) groups excluding carboxylic acids is 1. The first-order valence-corrected chi connectivity index (χ1v) is 6.20. The molecule has 0 aliphatic rings. The monoisotopic (exact) mass is 250 g/mol. The van der Waals surface area contributed by atoms with Crippen LogP contribution in [0.1, 0.15) is 13.3 Å². The number of aliphatic hydroxyl groups excluding tert-OH is 1. The highest BCUT2D eigenvalue weighted by atomic mass is 32.2. The van der Waals surface area contributed by atoms with E-state index in [0.29, 0.717) is 6.54 Å². The van der Waals surface area contributed by atoms with Gasteiger partial charge in [-0.15, -0.1) is 0 Å². The van der Waals surface area contributed by atoms with Gasteiger partial charge < -0.3 is 20.8 Å². The van der Waals surface area contributed by atoms with E-state index in [1.807, 2.05) is 13.2 Å². The summed E-state index contributed by atoms with van der Waals surface area (Å²) in [4.78, 5) is 21.9. The second kappa shape index (κ2) is 8.23. The van der Waals surface area contributed by atoms with Crippen molar-refractivity contribution in [2.45, 2.75) is 24.6 Å². The van der Waals surface area contributed by atoms with Crippen molar-refractivity contribution in [3.63, 3.8) is 0 Å². The molecule has 0 saturated heterocycles. The van der Waals surface area contributed by atoms with Gasteiger partial charge >= 0.3 is 12.0 Å². The fourth-order valence-corrected chi connectivity index (χ4v) is 1.17. The van der Waals surface area contributed by atoms with Crippen molar-refractivity contribution in [3.8, 4) is 0 Å². The third-order valence-electron chi connectivity index (χ3n) is 1.97. The van der Waals surface area contributed by atoms with E-state index in [1.165, 1.54) is 0 Å². The molecule has 0 spiro atoms. The Morgan fingerprint density at radius 1 is 1.44 bits per heavy atom. The maximum Gasteiger partial charge on any atom is 0.326 e. The Labute approximate surface area is 98.8 Å². The molecule has 4 N–H and O–H groups in total. The number of rotatable bonds is 7. The fourth-order valence-electron chi connectivity index (χ4n) is 0.916. The molecule has 0 aliphatic heterocycles. The first-order chi connectivity index (χ1) is 7.51. The highest BCUT2D eigenvalue weighted by molar-refractivity contribution is 7.99. The van der Waals surface area contributed by atoms with Gasteiger partial charge in [0.15, 0.2) is 0 Å². The first kappa shape index (κ1) is 15.0. The molecule has 0 aromatic heterocycles. The number of urea groups is 1. The van der Waals surface area contributed by atoms with Crippen LogP contribution < -0.4 is 10.6 Å². The summed E-state index contributed by atoms with van der Waals surface area (Å²) in [5, 5.41) is 22.4. The van der Waals surface area contributed by atoms with E-state index < -0.39 is 18.0 Å². The summed E-state index contributed by atoms with van der Waals surface area (Å²) in [6.07, 6.45) is 1.93. The van der Waals surface area contributed by atoms with Crippen molar-refractivity contribution in [2.75, 3.05) is 19.4 Å². The first-order valence-electron chi connectivity index (χ1n) is 4.92. The van der Waals surface area contributed by atoms with Crippen molar-refractivity contribution in [1.82, 2.24) is 10.6 Å². The third-order valence-corrected chi connectivity index (χ3v) is 2.95. The van der Waals surface area contributed by atoms with Gasteiger partial charge in [0.2, 0.25) is 0 Å². The van der Waals surface area contributed by atoms with Crippen LogP contribution in [0.4, 0.5) is 4.79 Å². The molecule has 0 bridgehead atoms. The Morgan fingerprint density at radius 2 is 2.06 bits per heavy atom. The van der Waals surface area contributed by atoms with Crippen LogP contribution in [0.5, 0.6) is 0 Å². The smallest absolute Gasteiger partial charge is 0.326 e. The quantitative estimate of drug-likeness (QED) is 0.504. The molecule has 0 rings (SSSR count). The van der Waals surface area contributed by atoms with E-state index >= 15 is 0 Å². The van der Waals surface area contributed by atoms with E-state index in [0.717, 1.165) is 0 Å². The number of aliphatic hydroxyl groups is 1. The number of amides is 2. The molecule has 6 nitrogen and oxygen atoms in total. The molecule has 7 heteroatoms. The molecule has 16 heavy (non-hydrogen) atoms. The van der Waals surface area contributed by atoms with Crippen molar-refractivity contribution >= 4 is 23.8 Å². The van der Waals surface area contributed by atoms with Gasteiger partial charge in [0.25, 0.3) is 0 Å². The average molecular weight is 250 g/mol. The summed E-state index contributed by atoms with van der Waals surface area (Å²) in [7, 11) is 0. The van der Waals surface area contributed by atoms with E-state index in [4.69, 9.17) is 10.2 Å². The number of carboxylic acids is 1. The molecule has 0 saturated carbocycles. The summed E-state index contributed by atoms with van der Waals surface area (Å²) < 4.78 is 0. The van der Waals surface area contributed by atoms with Crippen molar-refractivity contribution in [3.05, 3.63) is 0 Å². The van der Waals surface area contributed by atoms with Gasteiger partial charge in [-0.3, -0.25) is 0 Å². The van der Waals surface area contributed by atoms with Crippen LogP contribution in [0.2, 0.25) is 0 Å². The topological polar surface area (TPSA) is 98.7 Å². The van der Waals surface area contributed by atoms with Gasteiger partial charge in [-0.1, -0.05) is 6.92 Å². The minimum absolute atomic E-state index is 0.000828. The van der Waals surface area contributed by atoms with E-state index in [2.05, 4.69) is 10.6 Å². The maximum atomic E-state index is 11.3. The lowest BCUT2D eigenvalue weighted by Gasteiger charge is -2.15. The predicted octanol–water partition coefficient (Wildman–Crippen LogP) is -0.127. The van der Waals surface area contributed by atoms with Gasteiger partial charge in [0.05, 0.1) is 0 Å². The summed E-state index contributed by atoms with van der Waals surface area (Å²) >= 11 is 1.60. The van der Waals surface area contributed by atoms with Crippen LogP contribution in [0, 0.1) is 0 Å². The SMILES string of the molecule is CSC(C)CNC(=O)NC(CCO)C(=O)O. The lowest BCUT2D eigenvalue weighted by Crippen LogP contribution is -2.47. The van der Waals surface area contributed by atoms with Crippen LogP contribution in [0.25, 0.3) is 0 Å². The number of hydrogen-bond acceptors (Lipinski definition) is 4. The Bertz CT molecular complexity index is 238. The van der Waals surface area contributed by atoms with E-state index in [-0.39, 0.29) is 18.3 Å².